The number of aromatic amines is 1. The molecule has 1 saturated heterocycles. The van der Waals surface area contributed by atoms with Crippen molar-refractivity contribution in [2.75, 3.05) is 13.1 Å². The van der Waals surface area contributed by atoms with E-state index in [0.29, 0.717) is 17.7 Å². The van der Waals surface area contributed by atoms with Crippen molar-refractivity contribution in [3.63, 3.8) is 0 Å². The molecule has 1 aromatic heterocycles. The molecule has 1 aromatic rings. The average molecular weight is 346 g/mol. The average Bonchev–Trinajstić information content (AvgIpc) is 3.20. The number of ether oxygens (including phenoxy) is 1. The molecule has 25 heavy (non-hydrogen) atoms. The molecular weight excluding hydrogens is 320 g/mol. The molecule has 0 aliphatic carbocycles. The van der Waals surface area contributed by atoms with Gasteiger partial charge in [0.15, 0.2) is 0 Å². The second-order valence-electron chi connectivity index (χ2n) is 7.13. The Morgan fingerprint density at radius 2 is 2.16 bits per heavy atom. The van der Waals surface area contributed by atoms with Crippen molar-refractivity contribution in [3.05, 3.63) is 42.3 Å². The molecule has 2 N–H and O–H groups in total. The van der Waals surface area contributed by atoms with Gasteiger partial charge in [0.25, 0.3) is 5.91 Å². The number of hydrogen-bond acceptors (Lipinski definition) is 4. The lowest BCUT2D eigenvalue weighted by Crippen LogP contribution is -2.41. The van der Waals surface area contributed by atoms with E-state index in [2.05, 4.69) is 28.7 Å². The van der Waals surface area contributed by atoms with E-state index in [0.717, 1.165) is 18.4 Å². The lowest BCUT2D eigenvalue weighted by molar-refractivity contribution is 0.0250. The molecule has 7 nitrogen and oxygen atoms in total. The Hall–Kier alpha value is -2.57. The maximum Gasteiger partial charge on any atom is 0.410 e. The molecular formula is C18H26N4O3. The summed E-state index contributed by atoms with van der Waals surface area (Å²) in [6, 6.07) is -0.145. The largest absolute Gasteiger partial charge is 0.444 e. The zero-order chi connectivity index (χ0) is 18.6. The molecule has 0 aromatic carbocycles. The number of rotatable bonds is 5. The zero-order valence-corrected chi connectivity index (χ0v) is 15.1. The SMILES string of the molecule is C=C(CNC(=O)c1cn[nH]c1)C(=C)[C@@H]1CCCN1C(=O)OC(C)(C)C. The van der Waals surface area contributed by atoms with Gasteiger partial charge in [0.1, 0.15) is 5.60 Å². The maximum absolute atomic E-state index is 12.4. The molecule has 2 rings (SSSR count). The van der Waals surface area contributed by atoms with Crippen LogP contribution in [0.15, 0.2) is 36.7 Å². The number of hydrogen-bond donors (Lipinski definition) is 2. The third-order valence-corrected chi connectivity index (χ3v) is 3.96. The summed E-state index contributed by atoms with van der Waals surface area (Å²) in [5.74, 6) is -0.238. The van der Waals surface area contributed by atoms with Crippen LogP contribution in [0.25, 0.3) is 0 Å². The van der Waals surface area contributed by atoms with Crippen LogP contribution in [0.2, 0.25) is 0 Å². The Bertz CT molecular complexity index is 658. The minimum Gasteiger partial charge on any atom is -0.444 e. The summed E-state index contributed by atoms with van der Waals surface area (Å²) in [4.78, 5) is 26.0. The van der Waals surface area contributed by atoms with Crippen LogP contribution in [-0.4, -0.2) is 51.8 Å². The van der Waals surface area contributed by atoms with Gasteiger partial charge in [-0.2, -0.15) is 5.10 Å². The molecule has 1 aliphatic heterocycles. The van der Waals surface area contributed by atoms with E-state index >= 15 is 0 Å². The van der Waals surface area contributed by atoms with E-state index in [9.17, 15) is 9.59 Å². The molecule has 2 amide bonds. The zero-order valence-electron chi connectivity index (χ0n) is 15.1. The van der Waals surface area contributed by atoms with Crippen molar-refractivity contribution in [2.24, 2.45) is 0 Å². The van der Waals surface area contributed by atoms with Crippen molar-refractivity contribution in [1.29, 1.82) is 0 Å². The normalized spacial score (nSPS) is 17.2. The molecule has 7 heteroatoms. The van der Waals surface area contributed by atoms with Gasteiger partial charge in [-0.1, -0.05) is 13.2 Å². The number of H-pyrrole nitrogens is 1. The summed E-state index contributed by atoms with van der Waals surface area (Å²) in [5.41, 5.74) is 1.35. The summed E-state index contributed by atoms with van der Waals surface area (Å²) >= 11 is 0. The smallest absolute Gasteiger partial charge is 0.410 e. The summed E-state index contributed by atoms with van der Waals surface area (Å²) in [5, 5.41) is 9.11. The van der Waals surface area contributed by atoms with Gasteiger partial charge in [0.2, 0.25) is 0 Å². The number of nitrogens with one attached hydrogen (secondary N) is 2. The van der Waals surface area contributed by atoms with Gasteiger partial charge < -0.3 is 15.0 Å². The van der Waals surface area contributed by atoms with E-state index in [1.807, 2.05) is 20.8 Å². The predicted molar refractivity (Wildman–Crippen MR) is 95.2 cm³/mol. The van der Waals surface area contributed by atoms with Gasteiger partial charge in [-0.15, -0.1) is 0 Å². The van der Waals surface area contributed by atoms with Crippen LogP contribution in [0.4, 0.5) is 4.79 Å². The highest BCUT2D eigenvalue weighted by Gasteiger charge is 2.34. The summed E-state index contributed by atoms with van der Waals surface area (Å²) in [6.45, 7) is 14.5. The van der Waals surface area contributed by atoms with Crippen LogP contribution in [0.5, 0.6) is 0 Å². The number of carbonyl (C=O) groups is 2. The van der Waals surface area contributed by atoms with Crippen LogP contribution in [0.1, 0.15) is 44.0 Å². The van der Waals surface area contributed by atoms with Gasteiger partial charge in [-0.05, 0) is 44.8 Å². The third kappa shape index (κ3) is 4.95. The van der Waals surface area contributed by atoms with Gasteiger partial charge in [-0.25, -0.2) is 4.79 Å². The first-order valence-corrected chi connectivity index (χ1v) is 8.32. The number of nitrogens with zero attached hydrogens (tertiary/aromatic N) is 2. The maximum atomic E-state index is 12.4. The quantitative estimate of drug-likeness (QED) is 0.803. The van der Waals surface area contributed by atoms with Crippen LogP contribution in [0, 0.1) is 0 Å². The fourth-order valence-corrected chi connectivity index (χ4v) is 2.68. The Morgan fingerprint density at radius 1 is 1.44 bits per heavy atom. The molecule has 1 fully saturated rings. The third-order valence-electron chi connectivity index (χ3n) is 3.96. The van der Waals surface area contributed by atoms with Gasteiger partial charge >= 0.3 is 6.09 Å². The van der Waals surface area contributed by atoms with E-state index in [4.69, 9.17) is 4.74 Å². The van der Waals surface area contributed by atoms with Crippen molar-refractivity contribution in [1.82, 2.24) is 20.4 Å². The first-order valence-electron chi connectivity index (χ1n) is 8.32. The predicted octanol–water partition coefficient (Wildman–Crippen LogP) is 2.65. The molecule has 2 heterocycles. The second kappa shape index (κ2) is 7.55. The Kier molecular flexibility index (Phi) is 5.66. The highest BCUT2D eigenvalue weighted by Crippen LogP contribution is 2.28. The highest BCUT2D eigenvalue weighted by molar-refractivity contribution is 5.93. The molecule has 1 atom stereocenters. The first-order chi connectivity index (χ1) is 11.7. The van der Waals surface area contributed by atoms with Gasteiger partial charge in [-0.3, -0.25) is 9.89 Å². The van der Waals surface area contributed by atoms with Crippen molar-refractivity contribution in [3.8, 4) is 0 Å². The summed E-state index contributed by atoms with van der Waals surface area (Å²) in [6.07, 6.45) is 4.33. The number of aromatic nitrogens is 2. The van der Waals surface area contributed by atoms with Crippen molar-refractivity contribution >= 4 is 12.0 Å². The molecule has 0 saturated carbocycles. The summed E-state index contributed by atoms with van der Waals surface area (Å²) in [7, 11) is 0. The number of amides is 2. The lowest BCUT2D eigenvalue weighted by Gasteiger charge is -2.30. The van der Waals surface area contributed by atoms with Crippen LogP contribution >= 0.6 is 0 Å². The summed E-state index contributed by atoms with van der Waals surface area (Å²) < 4.78 is 5.46. The van der Waals surface area contributed by atoms with Crippen molar-refractivity contribution in [2.45, 2.75) is 45.3 Å². The van der Waals surface area contributed by atoms with Crippen LogP contribution in [-0.2, 0) is 4.74 Å². The van der Waals surface area contributed by atoms with Gasteiger partial charge in [0.05, 0.1) is 17.8 Å². The van der Waals surface area contributed by atoms with Crippen molar-refractivity contribution < 1.29 is 14.3 Å². The van der Waals surface area contributed by atoms with Crippen LogP contribution in [0.3, 0.4) is 0 Å². The number of carbonyl (C=O) groups excluding carboxylic acids is 2. The molecule has 0 spiro atoms. The Labute approximate surface area is 148 Å². The van der Waals surface area contributed by atoms with Gasteiger partial charge in [0, 0.05) is 19.3 Å². The fraction of sp³-hybridized carbons (Fsp3) is 0.500. The Balaban J connectivity index is 1.92. The standard InChI is InChI=1S/C18H26N4O3/c1-12(9-19-16(23)14-10-20-21-11-14)13(2)15-7-6-8-22(15)17(24)25-18(3,4)5/h10-11,15H,1-2,6-9H2,3-5H3,(H,19,23)(H,20,21)/t15-/m0/s1. The molecule has 0 unspecified atom stereocenters. The minimum atomic E-state index is -0.541. The molecule has 136 valence electrons. The second-order valence-corrected chi connectivity index (χ2v) is 7.13. The Morgan fingerprint density at radius 3 is 2.76 bits per heavy atom. The fourth-order valence-electron chi connectivity index (χ4n) is 2.68. The lowest BCUT2D eigenvalue weighted by atomic mass is 9.99. The molecule has 0 radical (unpaired) electrons. The highest BCUT2D eigenvalue weighted by atomic mass is 16.6. The topological polar surface area (TPSA) is 87.3 Å². The van der Waals surface area contributed by atoms with E-state index in [-0.39, 0.29) is 24.6 Å². The minimum absolute atomic E-state index is 0.145. The number of likely N-dealkylation sites (tertiary alicyclic amines) is 1. The monoisotopic (exact) mass is 346 g/mol. The first kappa shape index (κ1) is 18.8. The molecule has 1 aliphatic rings. The van der Waals surface area contributed by atoms with E-state index < -0.39 is 5.60 Å². The van der Waals surface area contributed by atoms with E-state index in [1.165, 1.54) is 12.4 Å². The van der Waals surface area contributed by atoms with E-state index in [1.54, 1.807) is 4.90 Å². The van der Waals surface area contributed by atoms with Crippen LogP contribution < -0.4 is 5.32 Å². The molecule has 0 bridgehead atoms.